The molecule has 1 aromatic carbocycles. The maximum atomic E-state index is 12.8. The highest BCUT2D eigenvalue weighted by molar-refractivity contribution is 5.78. The van der Waals surface area contributed by atoms with E-state index in [-0.39, 0.29) is 17.6 Å². The van der Waals surface area contributed by atoms with Crippen molar-refractivity contribution in [2.24, 2.45) is 0 Å². The van der Waals surface area contributed by atoms with Gasteiger partial charge in [-0.05, 0) is 24.6 Å². The summed E-state index contributed by atoms with van der Waals surface area (Å²) in [5.74, 6) is 0.154. The monoisotopic (exact) mass is 302 g/mol. The molecule has 21 heavy (non-hydrogen) atoms. The largest absolute Gasteiger partial charge is 0.494 e. The van der Waals surface area contributed by atoms with Crippen LogP contribution in [0.15, 0.2) is 18.2 Å². The Labute approximate surface area is 123 Å². The number of rotatable bonds is 9. The van der Waals surface area contributed by atoms with Crippen molar-refractivity contribution in [3.63, 3.8) is 0 Å². The Morgan fingerprint density at radius 1 is 1.10 bits per heavy atom. The van der Waals surface area contributed by atoms with Gasteiger partial charge < -0.3 is 4.74 Å². The molecule has 0 unspecified atom stereocenters. The Bertz CT molecular complexity index is 442. The smallest absolute Gasteiger partial charge is 0.417 e. The average Bonchev–Trinajstić information content (AvgIpc) is 2.45. The first-order chi connectivity index (χ1) is 9.99. The number of carbonyl (C=O) groups excluding carboxylic acids is 1. The van der Waals surface area contributed by atoms with E-state index in [1.165, 1.54) is 25.3 Å². The van der Waals surface area contributed by atoms with Crippen LogP contribution in [0, 0.1) is 0 Å². The summed E-state index contributed by atoms with van der Waals surface area (Å²) in [6.45, 7) is 2.54. The van der Waals surface area contributed by atoms with Crippen LogP contribution in [0.5, 0.6) is 5.75 Å². The Hall–Kier alpha value is -1.52. The molecule has 0 fully saturated rings. The van der Waals surface area contributed by atoms with Crippen LogP contribution in [0.4, 0.5) is 13.2 Å². The van der Waals surface area contributed by atoms with E-state index in [0.717, 1.165) is 31.4 Å². The van der Waals surface area contributed by atoms with E-state index in [0.29, 0.717) is 6.61 Å². The van der Waals surface area contributed by atoms with Crippen molar-refractivity contribution in [1.29, 1.82) is 0 Å². The number of alkyl halides is 3. The number of carbonyl (C=O) groups is 1. The van der Waals surface area contributed by atoms with Gasteiger partial charge in [-0.2, -0.15) is 13.2 Å². The lowest BCUT2D eigenvalue weighted by Gasteiger charge is -2.12. The molecule has 0 aliphatic carbocycles. The second-order valence-electron chi connectivity index (χ2n) is 4.98. The first-order valence-corrected chi connectivity index (χ1v) is 7.28. The highest BCUT2D eigenvalue weighted by Gasteiger charge is 2.33. The van der Waals surface area contributed by atoms with Gasteiger partial charge in [0.2, 0.25) is 0 Å². The first kappa shape index (κ1) is 17.5. The third-order valence-electron chi connectivity index (χ3n) is 3.22. The van der Waals surface area contributed by atoms with Gasteiger partial charge in [-0.15, -0.1) is 0 Å². The molecule has 0 aromatic heterocycles. The lowest BCUT2D eigenvalue weighted by molar-refractivity contribution is -0.137. The standard InChI is InChI=1S/C16H21F3O2/c1-2-3-4-5-6-7-10-21-14-9-8-13(12-20)15(11-14)16(17,18)19/h8-9,11-12H,2-7,10H2,1H3. The van der Waals surface area contributed by atoms with Crippen molar-refractivity contribution in [3.8, 4) is 5.75 Å². The van der Waals surface area contributed by atoms with Crippen LogP contribution in [0.25, 0.3) is 0 Å². The van der Waals surface area contributed by atoms with Crippen LogP contribution in [0.3, 0.4) is 0 Å². The van der Waals surface area contributed by atoms with Gasteiger partial charge in [-0.3, -0.25) is 4.79 Å². The Morgan fingerprint density at radius 2 is 1.76 bits per heavy atom. The SMILES string of the molecule is CCCCCCCCOc1ccc(C=O)c(C(F)(F)F)c1. The normalized spacial score (nSPS) is 11.4. The van der Waals surface area contributed by atoms with E-state index in [2.05, 4.69) is 6.92 Å². The molecule has 0 radical (unpaired) electrons. The van der Waals surface area contributed by atoms with Crippen molar-refractivity contribution in [2.75, 3.05) is 6.61 Å². The molecule has 1 aromatic rings. The third-order valence-corrected chi connectivity index (χ3v) is 3.22. The zero-order valence-electron chi connectivity index (χ0n) is 12.2. The molecule has 118 valence electrons. The minimum absolute atomic E-state index is 0.154. The summed E-state index contributed by atoms with van der Waals surface area (Å²) in [7, 11) is 0. The molecule has 0 aliphatic heterocycles. The summed E-state index contributed by atoms with van der Waals surface area (Å²) in [6, 6.07) is 3.43. The average molecular weight is 302 g/mol. The summed E-state index contributed by atoms with van der Waals surface area (Å²) in [6.07, 6.45) is 2.19. The van der Waals surface area contributed by atoms with Gasteiger partial charge in [0.25, 0.3) is 0 Å². The Balaban J connectivity index is 2.47. The summed E-state index contributed by atoms with van der Waals surface area (Å²) in [5, 5.41) is 0. The highest BCUT2D eigenvalue weighted by atomic mass is 19.4. The van der Waals surface area contributed by atoms with Gasteiger partial charge in [0, 0.05) is 5.56 Å². The topological polar surface area (TPSA) is 26.3 Å². The fourth-order valence-electron chi connectivity index (χ4n) is 2.05. The van der Waals surface area contributed by atoms with E-state index in [4.69, 9.17) is 4.74 Å². The van der Waals surface area contributed by atoms with Gasteiger partial charge in [-0.25, -0.2) is 0 Å². The first-order valence-electron chi connectivity index (χ1n) is 7.28. The van der Waals surface area contributed by atoms with Gasteiger partial charge >= 0.3 is 6.18 Å². The number of aldehydes is 1. The third kappa shape index (κ3) is 6.19. The van der Waals surface area contributed by atoms with Crippen molar-refractivity contribution < 1.29 is 22.7 Å². The molecule has 0 N–H and O–H groups in total. The van der Waals surface area contributed by atoms with Crippen LogP contribution < -0.4 is 4.74 Å². The Kier molecular flexibility index (Phi) is 7.26. The lowest BCUT2D eigenvalue weighted by Crippen LogP contribution is -2.09. The fraction of sp³-hybridized carbons (Fsp3) is 0.562. The van der Waals surface area contributed by atoms with Gasteiger partial charge in [0.1, 0.15) is 5.75 Å². The zero-order valence-corrected chi connectivity index (χ0v) is 12.2. The number of benzene rings is 1. The summed E-state index contributed by atoms with van der Waals surface area (Å²) in [5.41, 5.74) is -1.31. The van der Waals surface area contributed by atoms with Crippen LogP contribution in [0.2, 0.25) is 0 Å². The fourth-order valence-corrected chi connectivity index (χ4v) is 2.05. The van der Waals surface area contributed by atoms with Crippen LogP contribution in [-0.4, -0.2) is 12.9 Å². The summed E-state index contributed by atoms with van der Waals surface area (Å²) < 4.78 is 43.6. The predicted octanol–water partition coefficient (Wildman–Crippen LogP) is 5.26. The number of hydrogen-bond donors (Lipinski definition) is 0. The molecule has 5 heteroatoms. The molecule has 0 saturated carbocycles. The van der Waals surface area contributed by atoms with Crippen molar-refractivity contribution in [3.05, 3.63) is 29.3 Å². The van der Waals surface area contributed by atoms with Gasteiger partial charge in [0.15, 0.2) is 6.29 Å². The molecule has 0 heterocycles. The van der Waals surface area contributed by atoms with Gasteiger partial charge in [-0.1, -0.05) is 39.0 Å². The molecule has 2 nitrogen and oxygen atoms in total. The van der Waals surface area contributed by atoms with E-state index < -0.39 is 11.7 Å². The summed E-state index contributed by atoms with van der Waals surface area (Å²) >= 11 is 0. The van der Waals surface area contributed by atoms with E-state index >= 15 is 0 Å². The van der Waals surface area contributed by atoms with E-state index in [1.54, 1.807) is 0 Å². The predicted molar refractivity (Wildman–Crippen MR) is 75.7 cm³/mol. The summed E-state index contributed by atoms with van der Waals surface area (Å²) in [4.78, 5) is 10.6. The second-order valence-corrected chi connectivity index (χ2v) is 4.98. The molecule has 0 saturated heterocycles. The highest BCUT2D eigenvalue weighted by Crippen LogP contribution is 2.33. The van der Waals surface area contributed by atoms with Crippen LogP contribution >= 0.6 is 0 Å². The van der Waals surface area contributed by atoms with E-state index in [1.807, 2.05) is 0 Å². The van der Waals surface area contributed by atoms with Crippen molar-refractivity contribution >= 4 is 6.29 Å². The minimum Gasteiger partial charge on any atom is -0.494 e. The van der Waals surface area contributed by atoms with Crippen molar-refractivity contribution in [1.82, 2.24) is 0 Å². The molecule has 0 spiro atoms. The molecule has 0 bridgehead atoms. The number of hydrogen-bond acceptors (Lipinski definition) is 2. The number of halogens is 3. The lowest BCUT2D eigenvalue weighted by atomic mass is 10.1. The quantitative estimate of drug-likeness (QED) is 0.459. The second kappa shape index (κ2) is 8.70. The van der Waals surface area contributed by atoms with Crippen molar-refractivity contribution in [2.45, 2.75) is 51.6 Å². The molecular weight excluding hydrogens is 281 g/mol. The van der Waals surface area contributed by atoms with E-state index in [9.17, 15) is 18.0 Å². The van der Waals surface area contributed by atoms with Crippen LogP contribution in [-0.2, 0) is 6.18 Å². The van der Waals surface area contributed by atoms with Gasteiger partial charge in [0.05, 0.1) is 12.2 Å². The molecule has 0 atom stereocenters. The zero-order chi connectivity index (χ0) is 15.7. The molecule has 1 rings (SSSR count). The Morgan fingerprint density at radius 3 is 2.38 bits per heavy atom. The molecule has 0 aliphatic rings. The maximum Gasteiger partial charge on any atom is 0.417 e. The molecular formula is C16H21F3O2. The molecule has 0 amide bonds. The maximum absolute atomic E-state index is 12.8. The number of ether oxygens (including phenoxy) is 1. The number of unbranched alkanes of at least 4 members (excludes halogenated alkanes) is 5. The van der Waals surface area contributed by atoms with Crippen LogP contribution in [0.1, 0.15) is 61.4 Å². The minimum atomic E-state index is -4.55.